The minimum Gasteiger partial charge on any atom is -0.463 e. The van der Waals surface area contributed by atoms with E-state index in [0.29, 0.717) is 0 Å². The van der Waals surface area contributed by atoms with E-state index in [1.165, 1.54) is 14.0 Å². The Bertz CT molecular complexity index is 445. The van der Waals surface area contributed by atoms with E-state index in [1.54, 1.807) is 0 Å². The maximum absolute atomic E-state index is 11.7. The van der Waals surface area contributed by atoms with E-state index in [-0.39, 0.29) is 6.61 Å². The molecular weight excluding hydrogens is 392 g/mol. The van der Waals surface area contributed by atoms with Gasteiger partial charge in [-0.15, -0.1) is 0 Å². The molecular formula is C12H18Cl3NO8. The lowest BCUT2D eigenvalue weighted by molar-refractivity contribution is -0.263. The smallest absolute Gasteiger partial charge is 0.407 e. The monoisotopic (exact) mass is 409 g/mol. The van der Waals surface area contributed by atoms with Crippen LogP contribution in [0.3, 0.4) is 0 Å². The number of esters is 1. The second-order valence-electron chi connectivity index (χ2n) is 4.92. The molecule has 12 heteroatoms. The van der Waals surface area contributed by atoms with Gasteiger partial charge < -0.3 is 34.5 Å². The third kappa shape index (κ3) is 6.75. The van der Waals surface area contributed by atoms with Crippen molar-refractivity contribution in [1.29, 1.82) is 0 Å². The Labute approximate surface area is 153 Å². The molecule has 9 nitrogen and oxygen atoms in total. The number of methoxy groups -OCH3 is 1. The van der Waals surface area contributed by atoms with Crippen molar-refractivity contribution in [2.75, 3.05) is 20.3 Å². The highest BCUT2D eigenvalue weighted by molar-refractivity contribution is 6.67. The molecule has 1 fully saturated rings. The van der Waals surface area contributed by atoms with E-state index in [4.69, 9.17) is 49.0 Å². The predicted octanol–water partition coefficient (Wildman–Crippen LogP) is 0.108. The van der Waals surface area contributed by atoms with Crippen molar-refractivity contribution in [2.45, 2.75) is 41.4 Å². The quantitative estimate of drug-likeness (QED) is 0.431. The van der Waals surface area contributed by atoms with Gasteiger partial charge in [0.2, 0.25) is 3.79 Å². The fraction of sp³-hybridized carbons (Fsp3) is 0.833. The molecule has 24 heavy (non-hydrogen) atoms. The zero-order valence-corrected chi connectivity index (χ0v) is 15.0. The second kappa shape index (κ2) is 9.23. The van der Waals surface area contributed by atoms with E-state index < -0.39 is 53.1 Å². The number of aliphatic hydroxyl groups excluding tert-OH is 2. The van der Waals surface area contributed by atoms with Crippen molar-refractivity contribution in [3.63, 3.8) is 0 Å². The van der Waals surface area contributed by atoms with Crippen LogP contribution in [0.5, 0.6) is 0 Å². The number of carbonyl (C=O) groups excluding carboxylic acids is 2. The van der Waals surface area contributed by atoms with Crippen molar-refractivity contribution < 1.29 is 38.7 Å². The van der Waals surface area contributed by atoms with Crippen LogP contribution in [0.25, 0.3) is 0 Å². The Hall–Kier alpha value is -0.550. The van der Waals surface area contributed by atoms with Gasteiger partial charge in [-0.2, -0.15) is 0 Å². The van der Waals surface area contributed by atoms with Gasteiger partial charge in [-0.3, -0.25) is 4.79 Å². The van der Waals surface area contributed by atoms with Crippen molar-refractivity contribution in [3.05, 3.63) is 0 Å². The molecule has 0 aromatic heterocycles. The Kier molecular flexibility index (Phi) is 8.27. The number of amides is 1. The van der Waals surface area contributed by atoms with E-state index in [0.717, 1.165) is 0 Å². The summed E-state index contributed by atoms with van der Waals surface area (Å²) in [6.45, 7) is 0.366. The summed E-state index contributed by atoms with van der Waals surface area (Å²) in [6, 6.07) is -1.17. The summed E-state index contributed by atoms with van der Waals surface area (Å²) >= 11 is 16.4. The van der Waals surface area contributed by atoms with Crippen LogP contribution in [0.15, 0.2) is 0 Å². The van der Waals surface area contributed by atoms with Gasteiger partial charge in [-0.25, -0.2) is 4.79 Å². The van der Waals surface area contributed by atoms with Crippen molar-refractivity contribution in [2.24, 2.45) is 0 Å². The number of hydrogen-bond donors (Lipinski definition) is 3. The van der Waals surface area contributed by atoms with Crippen LogP contribution in [0.4, 0.5) is 4.79 Å². The number of alkyl carbamates (subject to hydrolysis) is 1. The Balaban J connectivity index is 2.67. The van der Waals surface area contributed by atoms with Gasteiger partial charge in [0.15, 0.2) is 6.29 Å². The molecule has 1 rings (SSSR count). The number of halogens is 3. The summed E-state index contributed by atoms with van der Waals surface area (Å²) < 4.78 is 18.0. The number of rotatable bonds is 5. The van der Waals surface area contributed by atoms with Gasteiger partial charge in [-0.05, 0) is 0 Å². The zero-order chi connectivity index (χ0) is 18.5. The largest absolute Gasteiger partial charge is 0.463 e. The molecule has 0 aromatic carbocycles. The summed E-state index contributed by atoms with van der Waals surface area (Å²) in [7, 11) is 1.26. The molecule has 1 aliphatic rings. The van der Waals surface area contributed by atoms with Crippen LogP contribution < -0.4 is 5.32 Å². The molecule has 140 valence electrons. The summed E-state index contributed by atoms with van der Waals surface area (Å²) in [6.07, 6.45) is -6.12. The summed E-state index contributed by atoms with van der Waals surface area (Å²) in [5, 5.41) is 22.4. The topological polar surface area (TPSA) is 124 Å². The number of alkyl halides is 3. The van der Waals surface area contributed by atoms with E-state index >= 15 is 0 Å². The normalized spacial score (nSPS) is 30.5. The van der Waals surface area contributed by atoms with Crippen molar-refractivity contribution in [3.8, 4) is 0 Å². The number of aliphatic hydroxyl groups is 2. The van der Waals surface area contributed by atoms with Gasteiger partial charge in [0.05, 0.1) is 0 Å². The summed E-state index contributed by atoms with van der Waals surface area (Å²) in [4.78, 5) is 22.5. The lowest BCUT2D eigenvalue weighted by Gasteiger charge is -2.41. The molecule has 3 N–H and O–H groups in total. The highest BCUT2D eigenvalue weighted by atomic mass is 35.6. The third-order valence-electron chi connectivity index (χ3n) is 3.04. The van der Waals surface area contributed by atoms with E-state index in [1.807, 2.05) is 0 Å². The second-order valence-corrected chi connectivity index (χ2v) is 7.44. The van der Waals surface area contributed by atoms with Crippen molar-refractivity contribution >= 4 is 46.9 Å². The average Bonchev–Trinajstić information content (AvgIpc) is 2.48. The molecule has 2 unspecified atom stereocenters. The standard InChI is InChI=1S/C12H18Cl3NO8/c1-5(17)22-3-6-8(18)9(19)7(10(21-2)24-6)16-11(20)23-4-12(13,14)15/h6-10,18-19H,3-4H2,1-2H3,(H,16,20)/t6?,7-,8+,9?,10+/m0/s1. The number of ether oxygens (including phenoxy) is 4. The Morgan fingerprint density at radius 1 is 1.21 bits per heavy atom. The lowest BCUT2D eigenvalue weighted by atomic mass is 9.97. The molecule has 0 bridgehead atoms. The van der Waals surface area contributed by atoms with Crippen LogP contribution in [-0.2, 0) is 23.7 Å². The maximum atomic E-state index is 11.7. The Morgan fingerprint density at radius 2 is 1.83 bits per heavy atom. The molecule has 1 heterocycles. The fourth-order valence-electron chi connectivity index (χ4n) is 1.95. The van der Waals surface area contributed by atoms with Crippen LogP contribution in [-0.4, -0.2) is 77.0 Å². The van der Waals surface area contributed by atoms with E-state index in [9.17, 15) is 19.8 Å². The number of carbonyl (C=O) groups is 2. The molecule has 0 aliphatic carbocycles. The minimum absolute atomic E-state index is 0.294. The number of hydrogen-bond acceptors (Lipinski definition) is 8. The fourth-order valence-corrected chi connectivity index (χ4v) is 2.11. The predicted molar refractivity (Wildman–Crippen MR) is 82.9 cm³/mol. The molecule has 0 saturated carbocycles. The molecule has 5 atom stereocenters. The zero-order valence-electron chi connectivity index (χ0n) is 12.8. The molecule has 0 radical (unpaired) electrons. The highest BCUT2D eigenvalue weighted by Gasteiger charge is 2.46. The molecule has 0 spiro atoms. The third-order valence-corrected chi connectivity index (χ3v) is 3.36. The van der Waals surface area contributed by atoms with Crippen LogP contribution in [0.1, 0.15) is 6.92 Å². The molecule has 1 aliphatic heterocycles. The lowest BCUT2D eigenvalue weighted by Crippen LogP contribution is -2.64. The Morgan fingerprint density at radius 3 is 2.33 bits per heavy atom. The molecule has 1 amide bonds. The summed E-state index contributed by atoms with van der Waals surface area (Å²) in [5.41, 5.74) is 0. The van der Waals surface area contributed by atoms with Crippen LogP contribution in [0, 0.1) is 0 Å². The van der Waals surface area contributed by atoms with Gasteiger partial charge in [0.1, 0.15) is 37.6 Å². The van der Waals surface area contributed by atoms with Gasteiger partial charge in [-0.1, -0.05) is 34.8 Å². The SMILES string of the molecule is CO[C@@H]1OC(COC(C)=O)[C@@H](O)C(O)[C@@H]1NC(=O)OCC(Cl)(Cl)Cl. The van der Waals surface area contributed by atoms with Gasteiger partial charge in [0.25, 0.3) is 0 Å². The van der Waals surface area contributed by atoms with Gasteiger partial charge >= 0.3 is 12.1 Å². The molecule has 1 saturated heterocycles. The van der Waals surface area contributed by atoms with Crippen LogP contribution >= 0.6 is 34.8 Å². The van der Waals surface area contributed by atoms with E-state index in [2.05, 4.69) is 10.1 Å². The average molecular weight is 411 g/mol. The first-order valence-electron chi connectivity index (χ1n) is 6.73. The van der Waals surface area contributed by atoms with Crippen molar-refractivity contribution in [1.82, 2.24) is 5.32 Å². The van der Waals surface area contributed by atoms with Crippen LogP contribution in [0.2, 0.25) is 0 Å². The minimum atomic E-state index is -1.80. The first kappa shape index (κ1) is 21.5. The first-order chi connectivity index (χ1) is 11.0. The first-order valence-corrected chi connectivity index (χ1v) is 7.86. The highest BCUT2D eigenvalue weighted by Crippen LogP contribution is 2.26. The molecule has 0 aromatic rings. The maximum Gasteiger partial charge on any atom is 0.407 e. The van der Waals surface area contributed by atoms with Gasteiger partial charge in [0, 0.05) is 14.0 Å². The summed E-state index contributed by atoms with van der Waals surface area (Å²) in [5.74, 6) is -0.579. The number of nitrogens with one attached hydrogen (secondary N) is 1.